The van der Waals surface area contributed by atoms with E-state index in [9.17, 15) is 9.59 Å². The van der Waals surface area contributed by atoms with Crippen LogP contribution in [-0.2, 0) is 17.9 Å². The summed E-state index contributed by atoms with van der Waals surface area (Å²) in [6.45, 7) is 6.77. The van der Waals surface area contributed by atoms with Crippen molar-refractivity contribution in [2.45, 2.75) is 39.9 Å². The molecule has 1 atom stereocenters. The van der Waals surface area contributed by atoms with Crippen LogP contribution in [0.4, 0.5) is 0 Å². The van der Waals surface area contributed by atoms with Crippen molar-refractivity contribution in [3.63, 3.8) is 0 Å². The van der Waals surface area contributed by atoms with Gasteiger partial charge in [0.25, 0.3) is 0 Å². The van der Waals surface area contributed by atoms with Gasteiger partial charge in [0.05, 0.1) is 12.4 Å². The van der Waals surface area contributed by atoms with Crippen molar-refractivity contribution in [1.82, 2.24) is 24.4 Å². The summed E-state index contributed by atoms with van der Waals surface area (Å²) < 4.78 is 3.21. The van der Waals surface area contributed by atoms with Gasteiger partial charge in [0.1, 0.15) is 6.54 Å². The maximum atomic E-state index is 12.2. The van der Waals surface area contributed by atoms with Gasteiger partial charge < -0.3 is 9.88 Å². The van der Waals surface area contributed by atoms with Crippen molar-refractivity contribution in [1.29, 1.82) is 0 Å². The van der Waals surface area contributed by atoms with Crippen LogP contribution in [0.3, 0.4) is 0 Å². The Labute approximate surface area is 129 Å². The standard InChI is InChI=1S/C15H21N5O2/c1-15(2,3)12(9-19-8-6-16-11-19)18-13(21)10-20-7-4-5-17-14(20)22/h4-8,11-12H,9-10H2,1-3H3,(H,18,21)/t12-/m0/s1. The number of imidazole rings is 1. The van der Waals surface area contributed by atoms with Gasteiger partial charge in [0.2, 0.25) is 5.91 Å². The average molecular weight is 303 g/mol. The number of carbonyl (C=O) groups is 1. The molecule has 0 aliphatic rings. The summed E-state index contributed by atoms with van der Waals surface area (Å²) in [5, 5.41) is 3.00. The first-order valence-electron chi connectivity index (χ1n) is 7.13. The van der Waals surface area contributed by atoms with Crippen LogP contribution in [0.25, 0.3) is 0 Å². The van der Waals surface area contributed by atoms with Crippen LogP contribution in [0.5, 0.6) is 0 Å². The molecule has 2 aromatic rings. The van der Waals surface area contributed by atoms with Crippen LogP contribution in [0.15, 0.2) is 42.0 Å². The lowest BCUT2D eigenvalue weighted by molar-refractivity contribution is -0.123. The van der Waals surface area contributed by atoms with Gasteiger partial charge in [-0.2, -0.15) is 0 Å². The molecular formula is C15H21N5O2. The normalized spacial score (nSPS) is 12.9. The van der Waals surface area contributed by atoms with E-state index >= 15 is 0 Å². The van der Waals surface area contributed by atoms with Crippen LogP contribution in [-0.4, -0.2) is 31.1 Å². The van der Waals surface area contributed by atoms with Crippen molar-refractivity contribution < 1.29 is 4.79 Å². The molecule has 2 heterocycles. The van der Waals surface area contributed by atoms with Gasteiger partial charge in [0.15, 0.2) is 0 Å². The predicted octanol–water partition coefficient (Wildman–Crippen LogP) is 0.671. The van der Waals surface area contributed by atoms with Crippen LogP contribution >= 0.6 is 0 Å². The molecule has 7 heteroatoms. The number of amides is 1. The third kappa shape index (κ3) is 4.28. The first-order valence-corrected chi connectivity index (χ1v) is 7.13. The summed E-state index contributed by atoms with van der Waals surface area (Å²) in [6.07, 6.45) is 8.24. The average Bonchev–Trinajstić information content (AvgIpc) is 2.92. The second-order valence-corrected chi connectivity index (χ2v) is 6.28. The Hall–Kier alpha value is -2.44. The minimum atomic E-state index is -0.431. The summed E-state index contributed by atoms with van der Waals surface area (Å²) in [6, 6.07) is 1.54. The number of aromatic nitrogens is 4. The minimum Gasteiger partial charge on any atom is -0.349 e. The molecule has 0 aliphatic heterocycles. The molecular weight excluding hydrogens is 282 g/mol. The minimum absolute atomic E-state index is 0.0385. The lowest BCUT2D eigenvalue weighted by atomic mass is 9.86. The Morgan fingerprint density at radius 2 is 2.09 bits per heavy atom. The van der Waals surface area contributed by atoms with Gasteiger partial charge in [-0.15, -0.1) is 0 Å². The SMILES string of the molecule is CC(C)(C)[C@H](Cn1ccnc1)NC(=O)Cn1cccnc1=O. The van der Waals surface area contributed by atoms with Crippen molar-refractivity contribution in [3.8, 4) is 0 Å². The quantitative estimate of drug-likeness (QED) is 0.880. The van der Waals surface area contributed by atoms with Crippen LogP contribution in [0.1, 0.15) is 20.8 Å². The van der Waals surface area contributed by atoms with E-state index in [0.717, 1.165) is 0 Å². The molecule has 0 aliphatic carbocycles. The Kier molecular flexibility index (Phi) is 4.75. The van der Waals surface area contributed by atoms with E-state index in [1.807, 2.05) is 10.8 Å². The maximum absolute atomic E-state index is 12.2. The molecule has 0 radical (unpaired) electrons. The molecule has 118 valence electrons. The summed E-state index contributed by atoms with van der Waals surface area (Å²) in [7, 11) is 0. The molecule has 0 unspecified atom stereocenters. The molecule has 1 amide bonds. The van der Waals surface area contributed by atoms with Crippen LogP contribution in [0, 0.1) is 5.41 Å². The Bertz CT molecular complexity index is 670. The van der Waals surface area contributed by atoms with E-state index in [1.54, 1.807) is 24.8 Å². The van der Waals surface area contributed by atoms with Gasteiger partial charge in [0, 0.05) is 31.3 Å². The molecule has 0 bridgehead atoms. The zero-order chi connectivity index (χ0) is 16.2. The number of carbonyl (C=O) groups excluding carboxylic acids is 1. The fourth-order valence-electron chi connectivity index (χ4n) is 2.04. The smallest absolute Gasteiger partial charge is 0.347 e. The molecule has 2 aromatic heterocycles. The van der Waals surface area contributed by atoms with Crippen molar-refractivity contribution in [2.24, 2.45) is 5.41 Å². The number of hydrogen-bond acceptors (Lipinski definition) is 4. The number of hydrogen-bond donors (Lipinski definition) is 1. The Morgan fingerprint density at radius 1 is 1.32 bits per heavy atom. The van der Waals surface area contributed by atoms with Gasteiger partial charge in [-0.25, -0.2) is 14.8 Å². The summed E-state index contributed by atoms with van der Waals surface area (Å²) in [5.74, 6) is -0.213. The third-order valence-electron chi connectivity index (χ3n) is 3.43. The van der Waals surface area contributed by atoms with Gasteiger partial charge in [-0.1, -0.05) is 20.8 Å². The second-order valence-electron chi connectivity index (χ2n) is 6.28. The number of nitrogens with zero attached hydrogens (tertiary/aromatic N) is 4. The molecule has 2 rings (SSSR count). The van der Waals surface area contributed by atoms with E-state index in [0.29, 0.717) is 6.54 Å². The molecule has 0 saturated carbocycles. The predicted molar refractivity (Wildman–Crippen MR) is 82.1 cm³/mol. The van der Waals surface area contributed by atoms with Gasteiger partial charge in [-0.05, 0) is 11.5 Å². The molecule has 0 fully saturated rings. The fraction of sp³-hybridized carbons (Fsp3) is 0.467. The molecule has 7 nitrogen and oxygen atoms in total. The lowest BCUT2D eigenvalue weighted by Gasteiger charge is -2.31. The maximum Gasteiger partial charge on any atom is 0.347 e. The fourth-order valence-corrected chi connectivity index (χ4v) is 2.04. The zero-order valence-corrected chi connectivity index (χ0v) is 13.1. The van der Waals surface area contributed by atoms with Crippen molar-refractivity contribution in [2.75, 3.05) is 0 Å². The number of rotatable bonds is 5. The first kappa shape index (κ1) is 15.9. The van der Waals surface area contributed by atoms with Crippen molar-refractivity contribution >= 4 is 5.91 Å². The molecule has 0 saturated heterocycles. The lowest BCUT2D eigenvalue weighted by Crippen LogP contribution is -2.48. The highest BCUT2D eigenvalue weighted by Crippen LogP contribution is 2.20. The monoisotopic (exact) mass is 303 g/mol. The van der Waals surface area contributed by atoms with Gasteiger partial charge in [-0.3, -0.25) is 9.36 Å². The zero-order valence-electron chi connectivity index (χ0n) is 13.1. The highest BCUT2D eigenvalue weighted by molar-refractivity contribution is 5.76. The third-order valence-corrected chi connectivity index (χ3v) is 3.43. The topological polar surface area (TPSA) is 81.8 Å². The molecule has 0 aromatic carbocycles. The highest BCUT2D eigenvalue weighted by atomic mass is 16.2. The van der Waals surface area contributed by atoms with Crippen LogP contribution in [0.2, 0.25) is 0 Å². The molecule has 22 heavy (non-hydrogen) atoms. The van der Waals surface area contributed by atoms with E-state index in [-0.39, 0.29) is 23.9 Å². The van der Waals surface area contributed by atoms with Gasteiger partial charge >= 0.3 is 5.69 Å². The number of nitrogens with one attached hydrogen (secondary N) is 1. The second kappa shape index (κ2) is 6.55. The summed E-state index contributed by atoms with van der Waals surface area (Å²) in [5.41, 5.74) is -0.556. The van der Waals surface area contributed by atoms with E-state index in [4.69, 9.17) is 0 Å². The largest absolute Gasteiger partial charge is 0.349 e. The van der Waals surface area contributed by atoms with E-state index in [1.165, 1.54) is 10.8 Å². The molecule has 0 spiro atoms. The van der Waals surface area contributed by atoms with Crippen LogP contribution < -0.4 is 11.0 Å². The van der Waals surface area contributed by atoms with Crippen molar-refractivity contribution in [3.05, 3.63) is 47.7 Å². The summed E-state index contributed by atoms with van der Waals surface area (Å²) in [4.78, 5) is 31.4. The Balaban J connectivity index is 2.05. The Morgan fingerprint density at radius 3 is 2.68 bits per heavy atom. The molecule has 1 N–H and O–H groups in total. The summed E-state index contributed by atoms with van der Waals surface area (Å²) >= 11 is 0. The van der Waals surface area contributed by atoms with E-state index in [2.05, 4.69) is 36.1 Å². The highest BCUT2D eigenvalue weighted by Gasteiger charge is 2.26. The van der Waals surface area contributed by atoms with E-state index < -0.39 is 5.69 Å². The first-order chi connectivity index (χ1) is 10.4.